The summed E-state index contributed by atoms with van der Waals surface area (Å²) in [5.74, 6) is -0.115. The van der Waals surface area contributed by atoms with Gasteiger partial charge in [0.2, 0.25) is 0 Å². The lowest BCUT2D eigenvalue weighted by atomic mass is 9.70. The van der Waals surface area contributed by atoms with Gasteiger partial charge in [-0.1, -0.05) is 19.1 Å². The van der Waals surface area contributed by atoms with E-state index in [9.17, 15) is 19.5 Å². The van der Waals surface area contributed by atoms with Crippen LogP contribution in [0.1, 0.15) is 46.8 Å². The first-order valence-corrected chi connectivity index (χ1v) is 16.7. The zero-order valence-corrected chi connectivity index (χ0v) is 29.6. The van der Waals surface area contributed by atoms with E-state index in [0.717, 1.165) is 22.5 Å². The summed E-state index contributed by atoms with van der Waals surface area (Å²) >= 11 is 0. The average Bonchev–Trinajstić information content (AvgIpc) is 3.68. The van der Waals surface area contributed by atoms with Crippen molar-refractivity contribution in [2.45, 2.75) is 49.0 Å². The molecule has 0 aromatic heterocycles. The summed E-state index contributed by atoms with van der Waals surface area (Å²) in [4.78, 5) is 46.9. The Kier molecular flexibility index (Phi) is 7.91. The highest BCUT2D eigenvalue weighted by Gasteiger charge is 2.61. The van der Waals surface area contributed by atoms with Crippen LogP contribution in [0.5, 0.6) is 17.2 Å². The van der Waals surface area contributed by atoms with Gasteiger partial charge in [0.05, 0.1) is 17.7 Å². The molecule has 13 nitrogen and oxygen atoms in total. The van der Waals surface area contributed by atoms with Gasteiger partial charge in [-0.25, -0.2) is 14.4 Å². The van der Waals surface area contributed by atoms with Crippen molar-refractivity contribution in [3.05, 3.63) is 76.9 Å². The Morgan fingerprint density at radius 3 is 1.84 bits per heavy atom. The van der Waals surface area contributed by atoms with Gasteiger partial charge in [0.1, 0.15) is 28.9 Å². The van der Waals surface area contributed by atoms with Crippen LogP contribution in [0.4, 0.5) is 21.0 Å². The minimum Gasteiger partial charge on any atom is -0.507 e. The molecular formula is C37H44N6O7. The number of nitrogens with one attached hydrogen (secondary N) is 2. The number of fused-ring (bicyclic) bond motifs is 6. The standard InChI is InChI=1S/C37H44N6O7/c1-36-24-16-20(48-34(46)38-3)12-14-27(24)42(7)32(36)40(5)18-26(36)22-10-9-11-23(30(22)44)31(45)50-29-19-41(6)33-37(29,2)25-17-21(49-35(47)39-4)13-15-28(25)43(33)8/h9-17,26,29,32-33,44H,18-19H2,1-8H3,(H,38,46)(H,39,47). The van der Waals surface area contributed by atoms with Crippen molar-refractivity contribution >= 4 is 29.5 Å². The molecule has 2 fully saturated rings. The number of hydrogen-bond donors (Lipinski definition) is 3. The third-order valence-corrected chi connectivity index (χ3v) is 11.6. The molecule has 3 aromatic carbocycles. The minimum atomic E-state index is -0.661. The third-order valence-electron chi connectivity index (χ3n) is 11.6. The highest BCUT2D eigenvalue weighted by molar-refractivity contribution is 5.93. The van der Waals surface area contributed by atoms with Gasteiger partial charge in [-0.05, 0) is 74.6 Å². The molecule has 264 valence electrons. The Hall–Kier alpha value is -5.01. The number of phenols is 1. The third kappa shape index (κ3) is 4.70. The molecule has 2 amide bonds. The van der Waals surface area contributed by atoms with Crippen LogP contribution in [-0.2, 0) is 15.6 Å². The average molecular weight is 685 g/mol. The first-order chi connectivity index (χ1) is 23.7. The van der Waals surface area contributed by atoms with Crippen LogP contribution in [0, 0.1) is 0 Å². The zero-order chi connectivity index (χ0) is 35.9. The number of benzene rings is 3. The molecule has 0 saturated carbocycles. The summed E-state index contributed by atoms with van der Waals surface area (Å²) in [6.45, 7) is 5.31. The van der Waals surface area contributed by atoms with Gasteiger partial charge in [0, 0.05) is 69.6 Å². The number of aromatic hydroxyl groups is 1. The van der Waals surface area contributed by atoms with Crippen LogP contribution >= 0.6 is 0 Å². The summed E-state index contributed by atoms with van der Waals surface area (Å²) < 4.78 is 17.3. The molecular weight excluding hydrogens is 640 g/mol. The SMILES string of the molecule is CNC(=O)Oc1ccc2c(c1)C1(C)C(OC(=O)c3cccc(C4CN(C)C5N(C)c6ccc(OC(=O)NC)cc6C45C)c3O)CN(C)C1N2C. The molecule has 0 aliphatic carbocycles. The molecule has 0 radical (unpaired) electrons. The van der Waals surface area contributed by atoms with E-state index in [1.165, 1.54) is 14.1 Å². The fourth-order valence-corrected chi connectivity index (χ4v) is 9.42. The molecule has 4 heterocycles. The lowest BCUT2D eigenvalue weighted by Crippen LogP contribution is -2.48. The number of likely N-dealkylation sites (tertiary alicyclic amines) is 2. The van der Waals surface area contributed by atoms with E-state index in [2.05, 4.69) is 51.1 Å². The number of likely N-dealkylation sites (N-methyl/N-ethyl adjacent to an activating group) is 4. The molecule has 2 saturated heterocycles. The van der Waals surface area contributed by atoms with Crippen LogP contribution in [0.3, 0.4) is 0 Å². The van der Waals surface area contributed by atoms with Crippen molar-refractivity contribution in [3.63, 3.8) is 0 Å². The molecule has 0 bridgehead atoms. The number of nitrogens with zero attached hydrogens (tertiary/aromatic N) is 4. The summed E-state index contributed by atoms with van der Waals surface area (Å²) in [5, 5.41) is 16.9. The van der Waals surface area contributed by atoms with E-state index in [1.807, 2.05) is 51.5 Å². The lowest BCUT2D eigenvalue weighted by Gasteiger charge is -2.35. The topological polar surface area (TPSA) is 136 Å². The maximum absolute atomic E-state index is 14.1. The van der Waals surface area contributed by atoms with E-state index in [1.54, 1.807) is 24.3 Å². The maximum atomic E-state index is 14.1. The molecule has 6 atom stereocenters. The van der Waals surface area contributed by atoms with Crippen LogP contribution in [0.25, 0.3) is 0 Å². The first kappa shape index (κ1) is 33.5. The molecule has 6 unspecified atom stereocenters. The van der Waals surface area contributed by atoms with Crippen molar-refractivity contribution < 1.29 is 33.7 Å². The van der Waals surface area contributed by atoms with Gasteiger partial charge in [-0.15, -0.1) is 0 Å². The summed E-state index contributed by atoms with van der Waals surface area (Å²) in [6, 6.07) is 16.4. The molecule has 4 aliphatic heterocycles. The van der Waals surface area contributed by atoms with E-state index >= 15 is 0 Å². The fraction of sp³-hybridized carbons (Fsp3) is 0.432. The number of amides is 2. The number of carbonyl (C=O) groups is 3. The number of hydrogen-bond acceptors (Lipinski definition) is 11. The highest BCUT2D eigenvalue weighted by atomic mass is 16.6. The van der Waals surface area contributed by atoms with Crippen LogP contribution < -0.4 is 29.9 Å². The van der Waals surface area contributed by atoms with Gasteiger partial charge in [0.15, 0.2) is 0 Å². The molecule has 7 rings (SSSR count). The summed E-state index contributed by atoms with van der Waals surface area (Å²) in [7, 11) is 11.1. The second kappa shape index (κ2) is 11.8. The van der Waals surface area contributed by atoms with Crippen molar-refractivity contribution in [1.82, 2.24) is 20.4 Å². The monoisotopic (exact) mass is 684 g/mol. The van der Waals surface area contributed by atoms with Gasteiger partial charge < -0.3 is 39.8 Å². The Bertz CT molecular complexity index is 1900. The quantitative estimate of drug-likeness (QED) is 0.339. The van der Waals surface area contributed by atoms with Gasteiger partial charge in [0.25, 0.3) is 0 Å². The van der Waals surface area contributed by atoms with E-state index in [-0.39, 0.29) is 29.6 Å². The minimum absolute atomic E-state index is 0.0460. The fourth-order valence-electron chi connectivity index (χ4n) is 9.42. The zero-order valence-electron chi connectivity index (χ0n) is 29.6. The maximum Gasteiger partial charge on any atom is 0.412 e. The van der Waals surface area contributed by atoms with E-state index < -0.39 is 35.1 Å². The molecule has 3 aromatic rings. The Morgan fingerprint density at radius 1 is 0.760 bits per heavy atom. The van der Waals surface area contributed by atoms with Crippen LogP contribution in [-0.4, -0.2) is 107 Å². The molecule has 13 heteroatoms. The van der Waals surface area contributed by atoms with E-state index in [4.69, 9.17) is 14.2 Å². The molecule has 0 spiro atoms. The largest absolute Gasteiger partial charge is 0.507 e. The van der Waals surface area contributed by atoms with Gasteiger partial charge >= 0.3 is 18.2 Å². The normalized spacial score (nSPS) is 28.1. The number of anilines is 2. The summed E-state index contributed by atoms with van der Waals surface area (Å²) in [5.41, 5.74) is 3.41. The van der Waals surface area contributed by atoms with E-state index in [0.29, 0.717) is 30.2 Å². The number of phenolic OH excluding ortho intramolecular Hbond substituents is 1. The van der Waals surface area contributed by atoms with Crippen molar-refractivity contribution in [1.29, 1.82) is 0 Å². The van der Waals surface area contributed by atoms with Crippen molar-refractivity contribution in [2.75, 3.05) is 65.2 Å². The molecule has 4 aliphatic rings. The molecule has 3 N–H and O–H groups in total. The molecule has 50 heavy (non-hydrogen) atoms. The van der Waals surface area contributed by atoms with Crippen molar-refractivity contribution in [2.24, 2.45) is 0 Å². The van der Waals surface area contributed by atoms with Crippen LogP contribution in [0.15, 0.2) is 54.6 Å². The van der Waals surface area contributed by atoms with Gasteiger partial charge in [-0.2, -0.15) is 0 Å². The Morgan fingerprint density at radius 2 is 1.28 bits per heavy atom. The summed E-state index contributed by atoms with van der Waals surface area (Å²) in [6.07, 6.45) is -1.86. The van der Waals surface area contributed by atoms with Crippen LogP contribution in [0.2, 0.25) is 0 Å². The number of rotatable bonds is 5. The lowest BCUT2D eigenvalue weighted by molar-refractivity contribution is 0.0188. The number of para-hydroxylation sites is 1. The smallest absolute Gasteiger partial charge is 0.412 e. The van der Waals surface area contributed by atoms with Gasteiger partial charge in [-0.3, -0.25) is 9.80 Å². The highest BCUT2D eigenvalue weighted by Crippen LogP contribution is 2.59. The first-order valence-electron chi connectivity index (χ1n) is 16.7. The second-order valence-corrected chi connectivity index (χ2v) is 14.2. The number of ether oxygens (including phenoxy) is 3. The predicted octanol–water partition coefficient (Wildman–Crippen LogP) is 3.80. The Labute approximate surface area is 291 Å². The Balaban J connectivity index is 1.21. The second-order valence-electron chi connectivity index (χ2n) is 14.2. The van der Waals surface area contributed by atoms with Crippen molar-refractivity contribution in [3.8, 4) is 17.2 Å². The number of esters is 1. The number of carbonyl (C=O) groups excluding carboxylic acids is 3. The predicted molar refractivity (Wildman–Crippen MR) is 187 cm³/mol.